The largest absolute Gasteiger partial charge is 0.416 e. The minimum atomic E-state index is -4.35. The van der Waals surface area contributed by atoms with E-state index >= 15 is 0 Å². The lowest BCUT2D eigenvalue weighted by Gasteiger charge is -2.29. The summed E-state index contributed by atoms with van der Waals surface area (Å²) in [6, 6.07) is 5.43. The molecule has 1 fully saturated rings. The molecule has 0 bridgehead atoms. The molecule has 0 radical (unpaired) electrons. The van der Waals surface area contributed by atoms with E-state index in [1.54, 1.807) is 6.07 Å². The maximum atomic E-state index is 12.9. The highest BCUT2D eigenvalue weighted by Gasteiger charge is 2.35. The number of nitrogens with zero attached hydrogens (tertiary/aromatic N) is 1. The molecule has 1 aromatic carbocycles. The van der Waals surface area contributed by atoms with E-state index < -0.39 is 11.7 Å². The molecule has 1 amide bonds. The number of rotatable bonds is 7. The first-order valence-electron chi connectivity index (χ1n) is 8.38. The molecular weight excluding hydrogens is 317 g/mol. The zero-order chi connectivity index (χ0) is 17.9. The topological polar surface area (TPSA) is 32.3 Å². The Morgan fingerprint density at radius 3 is 2.50 bits per heavy atom. The average Bonchev–Trinajstić information content (AvgIpc) is 3.34. The predicted octanol–water partition coefficient (Wildman–Crippen LogP) is 4.00. The van der Waals surface area contributed by atoms with Gasteiger partial charge in [-0.1, -0.05) is 26.0 Å². The molecule has 0 heterocycles. The maximum Gasteiger partial charge on any atom is 0.416 e. The van der Waals surface area contributed by atoms with Crippen molar-refractivity contribution in [1.82, 2.24) is 10.2 Å². The number of hydrogen-bond donors (Lipinski definition) is 1. The van der Waals surface area contributed by atoms with E-state index in [1.807, 2.05) is 25.7 Å². The third-order valence-corrected chi connectivity index (χ3v) is 4.24. The number of nitrogens with one attached hydrogen (secondary N) is 1. The zero-order valence-corrected chi connectivity index (χ0v) is 14.4. The zero-order valence-electron chi connectivity index (χ0n) is 14.4. The number of halogens is 3. The van der Waals surface area contributed by atoms with Gasteiger partial charge in [0.05, 0.1) is 12.1 Å². The van der Waals surface area contributed by atoms with Gasteiger partial charge in [-0.2, -0.15) is 13.2 Å². The molecule has 24 heavy (non-hydrogen) atoms. The fourth-order valence-corrected chi connectivity index (χ4v) is 2.69. The summed E-state index contributed by atoms with van der Waals surface area (Å²) >= 11 is 0. The van der Waals surface area contributed by atoms with E-state index in [-0.39, 0.29) is 24.5 Å². The molecule has 1 aromatic rings. The van der Waals surface area contributed by atoms with Crippen LogP contribution in [0.3, 0.4) is 0 Å². The summed E-state index contributed by atoms with van der Waals surface area (Å²) in [5.74, 6) is 0.290. The average molecular weight is 342 g/mol. The van der Waals surface area contributed by atoms with Gasteiger partial charge < -0.3 is 5.32 Å². The third-order valence-electron chi connectivity index (χ3n) is 4.24. The second kappa shape index (κ2) is 7.55. The lowest BCUT2D eigenvalue weighted by Crippen LogP contribution is -2.40. The standard InChI is InChI=1S/C18H25F3N2O/c1-12(2)10-22-17(24)11-23(16-7-8-16)13(3)14-5-4-6-15(9-14)18(19,20)21/h4-6,9,12-13,16H,7-8,10-11H2,1-3H3,(H,22,24)/t13-/m0/s1. The van der Waals surface area contributed by atoms with Gasteiger partial charge in [0.2, 0.25) is 5.91 Å². The molecule has 134 valence electrons. The van der Waals surface area contributed by atoms with Crippen molar-refractivity contribution in [3.05, 3.63) is 35.4 Å². The van der Waals surface area contributed by atoms with Crippen LogP contribution in [0.5, 0.6) is 0 Å². The molecule has 6 heteroatoms. The molecule has 0 aromatic heterocycles. The molecular formula is C18H25F3N2O. The molecule has 0 aliphatic heterocycles. The summed E-state index contributed by atoms with van der Waals surface area (Å²) in [6.45, 7) is 6.72. The Morgan fingerprint density at radius 2 is 1.96 bits per heavy atom. The number of benzene rings is 1. The van der Waals surface area contributed by atoms with E-state index in [9.17, 15) is 18.0 Å². The molecule has 2 rings (SSSR count). The van der Waals surface area contributed by atoms with E-state index in [2.05, 4.69) is 5.32 Å². The van der Waals surface area contributed by atoms with Crippen molar-refractivity contribution in [2.45, 2.75) is 51.9 Å². The van der Waals surface area contributed by atoms with E-state index in [0.717, 1.165) is 18.9 Å². The van der Waals surface area contributed by atoms with Crippen LogP contribution < -0.4 is 5.32 Å². The summed E-state index contributed by atoms with van der Waals surface area (Å²) in [6.07, 6.45) is -2.38. The Morgan fingerprint density at radius 1 is 1.29 bits per heavy atom. The second-order valence-electron chi connectivity index (χ2n) is 6.90. The quantitative estimate of drug-likeness (QED) is 0.812. The lowest BCUT2D eigenvalue weighted by atomic mass is 10.0. The molecule has 1 saturated carbocycles. The summed E-state index contributed by atoms with van der Waals surface area (Å²) < 4.78 is 38.7. The van der Waals surface area contributed by atoms with E-state index in [4.69, 9.17) is 0 Å². The number of carbonyl (C=O) groups excluding carboxylic acids is 1. The summed E-state index contributed by atoms with van der Waals surface area (Å²) in [5, 5.41) is 2.88. The highest BCUT2D eigenvalue weighted by atomic mass is 19.4. The van der Waals surface area contributed by atoms with Crippen molar-refractivity contribution in [1.29, 1.82) is 0 Å². The van der Waals surface area contributed by atoms with Crippen LogP contribution in [0.25, 0.3) is 0 Å². The Labute approximate surface area is 141 Å². The number of hydrogen-bond acceptors (Lipinski definition) is 2. The normalized spacial score (nSPS) is 16.5. The highest BCUT2D eigenvalue weighted by Crippen LogP contribution is 2.36. The lowest BCUT2D eigenvalue weighted by molar-refractivity contribution is -0.137. The highest BCUT2D eigenvalue weighted by molar-refractivity contribution is 5.78. The van der Waals surface area contributed by atoms with Gasteiger partial charge in [-0.3, -0.25) is 9.69 Å². The Balaban J connectivity index is 2.09. The Bertz CT molecular complexity index is 568. The van der Waals surface area contributed by atoms with Crippen molar-refractivity contribution < 1.29 is 18.0 Å². The number of amides is 1. The number of carbonyl (C=O) groups is 1. The van der Waals surface area contributed by atoms with Gasteiger partial charge in [0.25, 0.3) is 0 Å². The van der Waals surface area contributed by atoms with E-state index in [0.29, 0.717) is 18.0 Å². The minimum Gasteiger partial charge on any atom is -0.355 e. The fraction of sp³-hybridized carbons (Fsp3) is 0.611. The van der Waals surface area contributed by atoms with Crippen LogP contribution in [0.1, 0.15) is 50.8 Å². The van der Waals surface area contributed by atoms with Crippen molar-refractivity contribution in [3.8, 4) is 0 Å². The van der Waals surface area contributed by atoms with Crippen molar-refractivity contribution >= 4 is 5.91 Å². The molecule has 1 aliphatic rings. The molecule has 1 aliphatic carbocycles. The second-order valence-corrected chi connectivity index (χ2v) is 6.90. The molecule has 0 saturated heterocycles. The molecule has 0 spiro atoms. The smallest absolute Gasteiger partial charge is 0.355 e. The van der Waals surface area contributed by atoms with Gasteiger partial charge in [0.1, 0.15) is 0 Å². The SMILES string of the molecule is CC(C)CNC(=O)CN(C1CC1)[C@@H](C)c1cccc(C(F)(F)F)c1. The summed E-state index contributed by atoms with van der Waals surface area (Å²) in [7, 11) is 0. The number of alkyl halides is 3. The molecule has 0 unspecified atom stereocenters. The van der Waals surface area contributed by atoms with Crippen LogP contribution >= 0.6 is 0 Å². The van der Waals surface area contributed by atoms with Crippen molar-refractivity contribution in [2.24, 2.45) is 5.92 Å². The Hall–Kier alpha value is -1.56. The molecule has 3 nitrogen and oxygen atoms in total. The first-order chi connectivity index (χ1) is 11.2. The first kappa shape index (κ1) is 18.8. The summed E-state index contributed by atoms with van der Waals surface area (Å²) in [5.41, 5.74) is -0.0553. The minimum absolute atomic E-state index is 0.0746. The van der Waals surface area contributed by atoms with Gasteiger partial charge in [0.15, 0.2) is 0 Å². The van der Waals surface area contributed by atoms with Crippen molar-refractivity contribution in [3.63, 3.8) is 0 Å². The predicted molar refractivity (Wildman–Crippen MR) is 87.4 cm³/mol. The van der Waals surface area contributed by atoms with Gasteiger partial charge in [-0.25, -0.2) is 0 Å². The Kier molecular flexibility index (Phi) is 5.91. The van der Waals surface area contributed by atoms with Crippen LogP contribution in [0.15, 0.2) is 24.3 Å². The molecule has 1 atom stereocenters. The van der Waals surface area contributed by atoms with Gasteiger partial charge in [0, 0.05) is 18.6 Å². The van der Waals surface area contributed by atoms with Gasteiger partial charge >= 0.3 is 6.18 Å². The van der Waals surface area contributed by atoms with Crippen LogP contribution in [-0.4, -0.2) is 29.9 Å². The maximum absolute atomic E-state index is 12.9. The van der Waals surface area contributed by atoms with Gasteiger partial charge in [-0.05, 0) is 43.4 Å². The fourth-order valence-electron chi connectivity index (χ4n) is 2.69. The van der Waals surface area contributed by atoms with Crippen LogP contribution in [0, 0.1) is 5.92 Å². The van der Waals surface area contributed by atoms with E-state index in [1.165, 1.54) is 12.1 Å². The van der Waals surface area contributed by atoms with Crippen LogP contribution in [0.2, 0.25) is 0 Å². The molecule has 1 N–H and O–H groups in total. The van der Waals surface area contributed by atoms with Crippen molar-refractivity contribution in [2.75, 3.05) is 13.1 Å². The summed E-state index contributed by atoms with van der Waals surface area (Å²) in [4.78, 5) is 14.1. The van der Waals surface area contributed by atoms with Crippen LogP contribution in [-0.2, 0) is 11.0 Å². The van der Waals surface area contributed by atoms with Gasteiger partial charge in [-0.15, -0.1) is 0 Å². The van der Waals surface area contributed by atoms with Crippen LogP contribution in [0.4, 0.5) is 13.2 Å². The monoisotopic (exact) mass is 342 g/mol. The first-order valence-corrected chi connectivity index (χ1v) is 8.38. The third kappa shape index (κ3) is 5.23.